The van der Waals surface area contributed by atoms with Gasteiger partial charge in [0.2, 0.25) is 5.91 Å². The Morgan fingerprint density at radius 3 is 2.81 bits per heavy atom. The molecule has 2 aromatic heterocycles. The fraction of sp³-hybridized carbons (Fsp3) is 0.167. The Morgan fingerprint density at radius 2 is 2.00 bits per heavy atom. The zero-order valence-corrected chi connectivity index (χ0v) is 16.9. The fourth-order valence-corrected chi connectivity index (χ4v) is 4.39. The third-order valence-corrected chi connectivity index (χ3v) is 6.10. The van der Waals surface area contributed by atoms with Gasteiger partial charge in [0.15, 0.2) is 0 Å². The molecule has 2 atom stereocenters. The molecule has 0 saturated heterocycles. The highest BCUT2D eigenvalue weighted by molar-refractivity contribution is 5.99. The smallest absolute Gasteiger partial charge is 0.248 e. The number of nitrogens with two attached hydrogens (primary N) is 1. The van der Waals surface area contributed by atoms with E-state index in [2.05, 4.69) is 20.3 Å². The van der Waals surface area contributed by atoms with E-state index in [9.17, 15) is 9.18 Å². The van der Waals surface area contributed by atoms with Crippen molar-refractivity contribution >= 4 is 22.6 Å². The molecule has 3 heterocycles. The number of benzene rings is 2. The lowest BCUT2D eigenvalue weighted by molar-refractivity contribution is 0.100. The molecule has 2 aliphatic rings. The molecular weight excluding hydrogens is 409 g/mol. The van der Waals surface area contributed by atoms with Crippen LogP contribution in [0.5, 0.6) is 5.75 Å². The third kappa shape index (κ3) is 2.95. The summed E-state index contributed by atoms with van der Waals surface area (Å²) < 4.78 is 20.5. The Labute approximate surface area is 182 Å². The number of nitrogens with one attached hydrogen (secondary N) is 1. The molecule has 3 N–H and O–H groups in total. The first-order chi connectivity index (χ1) is 15.6. The van der Waals surface area contributed by atoms with E-state index < -0.39 is 5.91 Å². The summed E-state index contributed by atoms with van der Waals surface area (Å²) in [5, 5.41) is 3.99. The van der Waals surface area contributed by atoms with Crippen LogP contribution in [-0.2, 0) is 6.54 Å². The highest BCUT2D eigenvalue weighted by Gasteiger charge is 2.49. The second-order valence-electron chi connectivity index (χ2n) is 8.04. The van der Waals surface area contributed by atoms with Crippen LogP contribution < -0.4 is 15.8 Å². The number of pyridine rings is 1. The molecule has 2 unspecified atom stereocenters. The highest BCUT2D eigenvalue weighted by atomic mass is 19.1. The van der Waals surface area contributed by atoms with Crippen LogP contribution >= 0.6 is 0 Å². The Hall–Kier alpha value is -4.07. The molecule has 0 bridgehead atoms. The topological polar surface area (TPSA) is 103 Å². The molecular formula is C24H18FN5O2. The Kier molecular flexibility index (Phi) is 4.07. The summed E-state index contributed by atoms with van der Waals surface area (Å²) in [4.78, 5) is 24.5. The number of hydrogen-bond acceptors (Lipinski definition) is 6. The number of halogens is 1. The second-order valence-corrected chi connectivity index (χ2v) is 8.04. The maximum absolute atomic E-state index is 14.7. The van der Waals surface area contributed by atoms with E-state index in [1.165, 1.54) is 12.4 Å². The van der Waals surface area contributed by atoms with Crippen molar-refractivity contribution < 1.29 is 13.9 Å². The van der Waals surface area contributed by atoms with Crippen molar-refractivity contribution in [1.29, 1.82) is 0 Å². The SMILES string of the molecule is NC(=O)c1ccc(-c2cnc(NCc3c(F)ccc4c3C3CC3O4)c3cncnc23)cc1. The largest absolute Gasteiger partial charge is 0.489 e. The molecule has 2 aromatic carbocycles. The number of carbonyl (C=O) groups is 1. The van der Waals surface area contributed by atoms with Gasteiger partial charge in [0.1, 0.15) is 29.8 Å². The van der Waals surface area contributed by atoms with Crippen LogP contribution in [0.25, 0.3) is 22.0 Å². The van der Waals surface area contributed by atoms with Crippen LogP contribution in [-0.4, -0.2) is 27.0 Å². The lowest BCUT2D eigenvalue weighted by atomic mass is 10.0. The molecule has 1 saturated carbocycles. The minimum atomic E-state index is -0.482. The first-order valence-electron chi connectivity index (χ1n) is 10.3. The van der Waals surface area contributed by atoms with E-state index in [-0.39, 0.29) is 24.4 Å². The Balaban J connectivity index is 1.35. The Bertz CT molecular complexity index is 1390. The van der Waals surface area contributed by atoms with Gasteiger partial charge in [-0.2, -0.15) is 0 Å². The van der Waals surface area contributed by atoms with E-state index >= 15 is 0 Å². The van der Waals surface area contributed by atoms with Crippen LogP contribution in [0.15, 0.2) is 55.1 Å². The summed E-state index contributed by atoms with van der Waals surface area (Å²) in [6.07, 6.45) is 6.01. The summed E-state index contributed by atoms with van der Waals surface area (Å²) in [6, 6.07) is 10.1. The molecule has 0 spiro atoms. The average Bonchev–Trinajstić information content (AvgIpc) is 3.49. The molecule has 32 heavy (non-hydrogen) atoms. The number of rotatable bonds is 5. The molecule has 158 valence electrons. The van der Waals surface area contributed by atoms with Gasteiger partial charge in [-0.1, -0.05) is 12.1 Å². The van der Waals surface area contributed by atoms with Crippen molar-refractivity contribution in [3.05, 3.63) is 77.6 Å². The van der Waals surface area contributed by atoms with Crippen LogP contribution in [0.2, 0.25) is 0 Å². The van der Waals surface area contributed by atoms with Crippen molar-refractivity contribution in [2.45, 2.75) is 25.0 Å². The molecule has 1 fully saturated rings. The van der Waals surface area contributed by atoms with Crippen molar-refractivity contribution in [1.82, 2.24) is 15.0 Å². The van der Waals surface area contributed by atoms with Crippen molar-refractivity contribution in [3.63, 3.8) is 0 Å². The van der Waals surface area contributed by atoms with E-state index in [1.54, 1.807) is 42.7 Å². The summed E-state index contributed by atoms with van der Waals surface area (Å²) in [5.41, 5.74) is 9.69. The van der Waals surface area contributed by atoms with Crippen LogP contribution in [0.3, 0.4) is 0 Å². The molecule has 4 aromatic rings. The predicted molar refractivity (Wildman–Crippen MR) is 117 cm³/mol. The number of anilines is 1. The van der Waals surface area contributed by atoms with Crippen molar-refractivity contribution in [2.24, 2.45) is 5.73 Å². The zero-order chi connectivity index (χ0) is 21.8. The van der Waals surface area contributed by atoms with Gasteiger partial charge in [-0.3, -0.25) is 4.79 Å². The van der Waals surface area contributed by atoms with Crippen molar-refractivity contribution in [3.8, 4) is 16.9 Å². The summed E-state index contributed by atoms with van der Waals surface area (Å²) >= 11 is 0. The third-order valence-electron chi connectivity index (χ3n) is 6.10. The molecule has 1 aliphatic carbocycles. The number of fused-ring (bicyclic) bond motifs is 4. The van der Waals surface area contributed by atoms with Gasteiger partial charge >= 0.3 is 0 Å². The highest BCUT2D eigenvalue weighted by Crippen LogP contribution is 2.55. The first kappa shape index (κ1) is 18.7. The number of amides is 1. The van der Waals surface area contributed by atoms with E-state index in [0.717, 1.165) is 34.2 Å². The minimum Gasteiger partial charge on any atom is -0.489 e. The van der Waals surface area contributed by atoms with Crippen LogP contribution in [0.1, 0.15) is 33.8 Å². The quantitative estimate of drug-likeness (QED) is 0.502. The lowest BCUT2D eigenvalue weighted by Crippen LogP contribution is -2.10. The lowest BCUT2D eigenvalue weighted by Gasteiger charge is -2.14. The number of nitrogens with zero attached hydrogens (tertiary/aromatic N) is 3. The molecule has 8 heteroatoms. The van der Waals surface area contributed by atoms with E-state index in [1.807, 2.05) is 0 Å². The van der Waals surface area contributed by atoms with Crippen LogP contribution in [0, 0.1) is 5.82 Å². The van der Waals surface area contributed by atoms with Gasteiger partial charge < -0.3 is 15.8 Å². The van der Waals surface area contributed by atoms with Crippen molar-refractivity contribution in [2.75, 3.05) is 5.32 Å². The standard InChI is InChI=1S/C24H18FN5O2/c25-18-5-6-19-21(14-7-20(14)32-19)16(18)10-29-24-17-8-27-11-30-22(17)15(9-28-24)12-1-3-13(4-2-12)23(26)31/h1-6,8-9,11,14,20H,7,10H2,(H2,26,31)(H,28,29). The summed E-state index contributed by atoms with van der Waals surface area (Å²) in [7, 11) is 0. The fourth-order valence-electron chi connectivity index (χ4n) is 4.39. The molecule has 6 rings (SSSR count). The number of ether oxygens (including phenoxy) is 1. The van der Waals surface area contributed by atoms with E-state index in [0.29, 0.717) is 22.5 Å². The number of primary amides is 1. The van der Waals surface area contributed by atoms with Gasteiger partial charge in [-0.15, -0.1) is 0 Å². The van der Waals surface area contributed by atoms with Gasteiger partial charge in [0.05, 0.1) is 10.9 Å². The van der Waals surface area contributed by atoms with Gasteiger partial charge in [-0.05, 0) is 36.2 Å². The van der Waals surface area contributed by atoms with Gasteiger partial charge in [-0.25, -0.2) is 19.3 Å². The maximum atomic E-state index is 14.7. The molecule has 1 aliphatic heterocycles. The first-order valence-corrected chi connectivity index (χ1v) is 10.3. The normalized spacial score (nSPS) is 18.0. The van der Waals surface area contributed by atoms with Gasteiger partial charge in [0, 0.05) is 47.1 Å². The number of hydrogen-bond donors (Lipinski definition) is 2. The second kappa shape index (κ2) is 6.98. The zero-order valence-electron chi connectivity index (χ0n) is 16.9. The summed E-state index contributed by atoms with van der Waals surface area (Å²) in [6.45, 7) is 0.283. The number of aromatic nitrogens is 3. The maximum Gasteiger partial charge on any atom is 0.248 e. The van der Waals surface area contributed by atoms with Gasteiger partial charge in [0.25, 0.3) is 0 Å². The minimum absolute atomic E-state index is 0.193. The predicted octanol–water partition coefficient (Wildman–Crippen LogP) is 3.79. The molecule has 7 nitrogen and oxygen atoms in total. The summed E-state index contributed by atoms with van der Waals surface area (Å²) in [5.74, 6) is 0.904. The van der Waals surface area contributed by atoms with Crippen LogP contribution in [0.4, 0.5) is 10.2 Å². The molecule has 1 amide bonds. The Morgan fingerprint density at radius 1 is 1.16 bits per heavy atom. The number of carbonyl (C=O) groups excluding carboxylic acids is 1. The molecule has 0 radical (unpaired) electrons. The monoisotopic (exact) mass is 427 g/mol. The average molecular weight is 427 g/mol. The van der Waals surface area contributed by atoms with E-state index in [4.69, 9.17) is 10.5 Å².